The number of nitrogens with two attached hydrogens (primary N) is 1. The summed E-state index contributed by atoms with van der Waals surface area (Å²) in [6, 6.07) is 2.32. The standard InChI is InChI=1S/C11H18N2O2S/c12-13-10(11-7-14-4-5-15-11)2-1-9-3-6-16-8-9/h3,6,8,10-11,13H,1-2,4-5,7,12H2. The van der Waals surface area contributed by atoms with Crippen LogP contribution in [0.4, 0.5) is 0 Å². The summed E-state index contributed by atoms with van der Waals surface area (Å²) < 4.78 is 11.0. The molecular weight excluding hydrogens is 224 g/mol. The molecule has 4 nitrogen and oxygen atoms in total. The van der Waals surface area contributed by atoms with Gasteiger partial charge in [0.25, 0.3) is 0 Å². The second kappa shape index (κ2) is 6.32. The second-order valence-electron chi connectivity index (χ2n) is 3.93. The SMILES string of the molecule is NNC(CCc1ccsc1)C1COCCO1. The third kappa shape index (κ3) is 3.26. The average molecular weight is 242 g/mol. The minimum absolute atomic E-state index is 0.0809. The van der Waals surface area contributed by atoms with Crippen molar-refractivity contribution in [1.82, 2.24) is 5.43 Å². The second-order valence-corrected chi connectivity index (χ2v) is 4.71. The maximum atomic E-state index is 5.64. The summed E-state index contributed by atoms with van der Waals surface area (Å²) in [6.07, 6.45) is 2.08. The van der Waals surface area contributed by atoms with Gasteiger partial charge in [0.2, 0.25) is 0 Å². The van der Waals surface area contributed by atoms with Gasteiger partial charge in [-0.1, -0.05) is 0 Å². The molecule has 1 aliphatic heterocycles. The van der Waals surface area contributed by atoms with Crippen molar-refractivity contribution in [3.63, 3.8) is 0 Å². The maximum Gasteiger partial charge on any atom is 0.0975 e. The Labute approximate surface area is 99.7 Å². The molecule has 2 heterocycles. The number of ether oxygens (including phenoxy) is 2. The fourth-order valence-electron chi connectivity index (χ4n) is 1.87. The van der Waals surface area contributed by atoms with E-state index in [0.717, 1.165) is 12.8 Å². The molecule has 1 aromatic heterocycles. The van der Waals surface area contributed by atoms with E-state index < -0.39 is 0 Å². The third-order valence-corrected chi connectivity index (χ3v) is 3.56. The van der Waals surface area contributed by atoms with E-state index in [2.05, 4.69) is 22.3 Å². The zero-order valence-corrected chi connectivity index (χ0v) is 10.0. The van der Waals surface area contributed by atoms with Gasteiger partial charge < -0.3 is 9.47 Å². The summed E-state index contributed by atoms with van der Waals surface area (Å²) in [5, 5.41) is 4.27. The van der Waals surface area contributed by atoms with Crippen molar-refractivity contribution in [1.29, 1.82) is 0 Å². The Bertz CT molecular complexity index is 286. The van der Waals surface area contributed by atoms with Gasteiger partial charge in [0.05, 0.1) is 25.9 Å². The molecule has 16 heavy (non-hydrogen) atoms. The highest BCUT2D eigenvalue weighted by molar-refractivity contribution is 7.07. The fourth-order valence-corrected chi connectivity index (χ4v) is 2.58. The molecule has 3 N–H and O–H groups in total. The Morgan fingerprint density at radius 2 is 2.50 bits per heavy atom. The van der Waals surface area contributed by atoms with Crippen LogP contribution in [0.3, 0.4) is 0 Å². The molecule has 5 heteroatoms. The normalized spacial score (nSPS) is 23.2. The van der Waals surface area contributed by atoms with Crippen molar-refractivity contribution in [3.05, 3.63) is 22.4 Å². The van der Waals surface area contributed by atoms with Gasteiger partial charge in [-0.3, -0.25) is 11.3 Å². The maximum absolute atomic E-state index is 5.64. The predicted octanol–water partition coefficient (Wildman–Crippen LogP) is 0.928. The first-order valence-electron chi connectivity index (χ1n) is 5.56. The van der Waals surface area contributed by atoms with Gasteiger partial charge in [-0.05, 0) is 35.2 Å². The molecule has 2 unspecified atom stereocenters. The molecule has 0 aromatic carbocycles. The summed E-state index contributed by atoms with van der Waals surface area (Å²) in [5.41, 5.74) is 4.20. The number of hydrazine groups is 1. The first kappa shape index (κ1) is 12.0. The lowest BCUT2D eigenvalue weighted by Crippen LogP contribution is -2.49. The van der Waals surface area contributed by atoms with Gasteiger partial charge in [0.15, 0.2) is 0 Å². The highest BCUT2D eigenvalue weighted by atomic mass is 32.1. The van der Waals surface area contributed by atoms with Crippen molar-refractivity contribution in [2.24, 2.45) is 5.84 Å². The van der Waals surface area contributed by atoms with Gasteiger partial charge >= 0.3 is 0 Å². The van der Waals surface area contributed by atoms with Crippen molar-refractivity contribution in [3.8, 4) is 0 Å². The van der Waals surface area contributed by atoms with E-state index in [-0.39, 0.29) is 12.1 Å². The quantitative estimate of drug-likeness (QED) is 0.596. The molecule has 0 aliphatic carbocycles. The molecule has 2 atom stereocenters. The fraction of sp³-hybridized carbons (Fsp3) is 0.636. The first-order valence-corrected chi connectivity index (χ1v) is 6.51. The lowest BCUT2D eigenvalue weighted by atomic mass is 10.0. The molecular formula is C11H18N2O2S. The molecule has 0 bridgehead atoms. The monoisotopic (exact) mass is 242 g/mol. The molecule has 1 aromatic rings. The van der Waals surface area contributed by atoms with Crippen LogP contribution in [-0.2, 0) is 15.9 Å². The lowest BCUT2D eigenvalue weighted by molar-refractivity contribution is -0.102. The molecule has 2 rings (SSSR count). The van der Waals surface area contributed by atoms with Crippen LogP contribution in [0.1, 0.15) is 12.0 Å². The Hall–Kier alpha value is -0.460. The summed E-state index contributed by atoms with van der Waals surface area (Å²) in [5.74, 6) is 5.56. The van der Waals surface area contributed by atoms with E-state index >= 15 is 0 Å². The van der Waals surface area contributed by atoms with Crippen LogP contribution >= 0.6 is 11.3 Å². The summed E-state index contributed by atoms with van der Waals surface area (Å²) in [6.45, 7) is 2.00. The smallest absolute Gasteiger partial charge is 0.0975 e. The lowest BCUT2D eigenvalue weighted by Gasteiger charge is -2.29. The minimum Gasteiger partial charge on any atom is -0.376 e. The predicted molar refractivity (Wildman–Crippen MR) is 64.3 cm³/mol. The Balaban J connectivity index is 1.80. The molecule has 0 spiro atoms. The van der Waals surface area contributed by atoms with Crippen molar-refractivity contribution < 1.29 is 9.47 Å². The molecule has 90 valence electrons. The Kier molecular flexibility index (Phi) is 4.74. The van der Waals surface area contributed by atoms with Crippen LogP contribution in [0.25, 0.3) is 0 Å². The number of hydrogen-bond donors (Lipinski definition) is 2. The summed E-state index contributed by atoms with van der Waals surface area (Å²) in [4.78, 5) is 0. The molecule has 0 radical (unpaired) electrons. The Morgan fingerprint density at radius 3 is 3.12 bits per heavy atom. The van der Waals surface area contributed by atoms with Crippen molar-refractivity contribution >= 4 is 11.3 Å². The van der Waals surface area contributed by atoms with Gasteiger partial charge in [-0.15, -0.1) is 0 Å². The highest BCUT2D eigenvalue weighted by Crippen LogP contribution is 2.14. The van der Waals surface area contributed by atoms with Gasteiger partial charge in [-0.25, -0.2) is 0 Å². The number of nitrogens with one attached hydrogen (secondary N) is 1. The van der Waals surface area contributed by atoms with Crippen molar-refractivity contribution in [2.45, 2.75) is 25.0 Å². The van der Waals surface area contributed by atoms with Crippen LogP contribution in [0.5, 0.6) is 0 Å². The number of hydrogen-bond acceptors (Lipinski definition) is 5. The van der Waals surface area contributed by atoms with E-state index in [1.54, 1.807) is 11.3 Å². The van der Waals surface area contributed by atoms with Gasteiger partial charge in [0.1, 0.15) is 0 Å². The molecule has 1 aliphatic rings. The molecule has 1 saturated heterocycles. The van der Waals surface area contributed by atoms with Crippen LogP contribution in [0.2, 0.25) is 0 Å². The number of thiophene rings is 1. The van der Waals surface area contributed by atoms with E-state index in [0.29, 0.717) is 19.8 Å². The first-order chi connectivity index (χ1) is 7.90. The minimum atomic E-state index is 0.0809. The van der Waals surface area contributed by atoms with E-state index in [1.807, 2.05) is 0 Å². The number of aryl methyl sites for hydroxylation is 1. The molecule has 1 fully saturated rings. The van der Waals surface area contributed by atoms with E-state index in [1.165, 1.54) is 5.56 Å². The zero-order valence-electron chi connectivity index (χ0n) is 9.22. The van der Waals surface area contributed by atoms with Crippen LogP contribution < -0.4 is 11.3 Å². The van der Waals surface area contributed by atoms with Crippen LogP contribution in [0.15, 0.2) is 16.8 Å². The average Bonchev–Trinajstić information content (AvgIpc) is 2.84. The third-order valence-electron chi connectivity index (χ3n) is 2.83. The largest absolute Gasteiger partial charge is 0.376 e. The summed E-state index contributed by atoms with van der Waals surface area (Å²) >= 11 is 1.73. The zero-order chi connectivity index (χ0) is 11.2. The topological polar surface area (TPSA) is 56.5 Å². The highest BCUT2D eigenvalue weighted by Gasteiger charge is 2.23. The van der Waals surface area contributed by atoms with Gasteiger partial charge in [-0.2, -0.15) is 11.3 Å². The summed E-state index contributed by atoms with van der Waals surface area (Å²) in [7, 11) is 0. The number of rotatable bonds is 5. The molecule has 0 amide bonds. The van der Waals surface area contributed by atoms with Gasteiger partial charge in [0, 0.05) is 6.04 Å². The molecule has 0 saturated carbocycles. The van der Waals surface area contributed by atoms with E-state index in [9.17, 15) is 0 Å². The van der Waals surface area contributed by atoms with Crippen molar-refractivity contribution in [2.75, 3.05) is 19.8 Å². The van der Waals surface area contributed by atoms with Crippen LogP contribution in [0, 0.1) is 0 Å². The van der Waals surface area contributed by atoms with Crippen LogP contribution in [-0.4, -0.2) is 32.0 Å². The van der Waals surface area contributed by atoms with E-state index in [4.69, 9.17) is 15.3 Å². The Morgan fingerprint density at radius 1 is 1.56 bits per heavy atom.